The lowest BCUT2D eigenvalue weighted by atomic mass is 9.81. The normalized spacial score (nSPS) is 20.1. The molecule has 6 heteroatoms. The van der Waals surface area contributed by atoms with E-state index in [-0.39, 0.29) is 6.42 Å². The van der Waals surface area contributed by atoms with Crippen LogP contribution in [0.5, 0.6) is 0 Å². The molecule has 0 saturated heterocycles. The van der Waals surface area contributed by atoms with Crippen LogP contribution >= 0.6 is 11.3 Å². The van der Waals surface area contributed by atoms with Crippen molar-refractivity contribution in [1.82, 2.24) is 4.98 Å². The number of carbonyl (C=O) groups is 2. The van der Waals surface area contributed by atoms with Gasteiger partial charge in [-0.25, -0.2) is 4.98 Å². The number of hydrogen-bond acceptors (Lipinski definition) is 4. The topological polar surface area (TPSA) is 93.3 Å². The van der Waals surface area contributed by atoms with E-state index in [0.29, 0.717) is 6.42 Å². The number of benzene rings is 1. The Morgan fingerprint density at radius 1 is 1.18 bits per heavy atom. The molecule has 1 unspecified atom stereocenters. The SMILES string of the molecule is CC(C)(CC(=O)O)Cc1ncc(C2=CC=CC(=C3C=CC(c4ccccc4)=CC3)C2C(N)=O)s1. The van der Waals surface area contributed by atoms with Crippen molar-refractivity contribution in [3.05, 3.63) is 99.6 Å². The van der Waals surface area contributed by atoms with E-state index in [2.05, 4.69) is 35.3 Å². The van der Waals surface area contributed by atoms with Crippen LogP contribution in [0, 0.1) is 11.3 Å². The maximum atomic E-state index is 12.6. The molecule has 5 nitrogen and oxygen atoms in total. The van der Waals surface area contributed by atoms with Crippen molar-refractivity contribution >= 4 is 34.4 Å². The highest BCUT2D eigenvalue weighted by atomic mass is 32.1. The fraction of sp³-hybridized carbons (Fsp3) is 0.250. The number of aliphatic carboxylic acids is 1. The van der Waals surface area contributed by atoms with Gasteiger partial charge in [0.25, 0.3) is 0 Å². The number of amides is 1. The summed E-state index contributed by atoms with van der Waals surface area (Å²) in [5, 5.41) is 10.0. The summed E-state index contributed by atoms with van der Waals surface area (Å²) < 4.78 is 0. The van der Waals surface area contributed by atoms with Crippen LogP contribution in [0.1, 0.15) is 42.1 Å². The van der Waals surface area contributed by atoms with Crippen molar-refractivity contribution in [2.45, 2.75) is 33.1 Å². The van der Waals surface area contributed by atoms with E-state index in [0.717, 1.165) is 44.2 Å². The van der Waals surface area contributed by atoms with Gasteiger partial charge in [0, 0.05) is 12.6 Å². The number of nitrogens with two attached hydrogens (primary N) is 1. The third-order valence-corrected chi connectivity index (χ3v) is 7.09. The summed E-state index contributed by atoms with van der Waals surface area (Å²) in [5.74, 6) is -1.78. The first-order valence-corrected chi connectivity index (χ1v) is 12.1. The average molecular weight is 473 g/mol. The molecule has 0 fully saturated rings. The van der Waals surface area contributed by atoms with E-state index in [1.807, 2.05) is 50.3 Å². The number of rotatable bonds is 7. The van der Waals surface area contributed by atoms with Crippen molar-refractivity contribution in [3.8, 4) is 0 Å². The number of carboxylic acid groups (broad SMARTS) is 1. The summed E-state index contributed by atoms with van der Waals surface area (Å²) in [6, 6.07) is 10.2. The molecule has 2 aliphatic rings. The summed E-state index contributed by atoms with van der Waals surface area (Å²) in [6.07, 6.45) is 15.3. The van der Waals surface area contributed by atoms with Crippen molar-refractivity contribution in [1.29, 1.82) is 0 Å². The van der Waals surface area contributed by atoms with Crippen LogP contribution < -0.4 is 5.73 Å². The molecule has 1 atom stereocenters. The first kappa shape index (κ1) is 23.6. The minimum Gasteiger partial charge on any atom is -0.481 e. The number of primary amides is 1. The van der Waals surface area contributed by atoms with Gasteiger partial charge >= 0.3 is 5.97 Å². The summed E-state index contributed by atoms with van der Waals surface area (Å²) in [6.45, 7) is 3.85. The highest BCUT2D eigenvalue weighted by Gasteiger charge is 2.30. The van der Waals surface area contributed by atoms with Gasteiger partial charge in [0.05, 0.1) is 22.2 Å². The number of aromatic nitrogens is 1. The Bertz CT molecular complexity index is 1260. The minimum atomic E-state index is -0.822. The Morgan fingerprint density at radius 3 is 2.59 bits per heavy atom. The minimum absolute atomic E-state index is 0.0678. The van der Waals surface area contributed by atoms with E-state index in [9.17, 15) is 9.59 Å². The van der Waals surface area contributed by atoms with E-state index in [1.165, 1.54) is 11.3 Å². The first-order chi connectivity index (χ1) is 16.2. The van der Waals surface area contributed by atoms with Crippen LogP contribution in [0.3, 0.4) is 0 Å². The second-order valence-electron chi connectivity index (χ2n) is 9.39. The lowest BCUT2D eigenvalue weighted by Gasteiger charge is -2.24. The molecule has 1 amide bonds. The molecule has 0 aliphatic heterocycles. The van der Waals surface area contributed by atoms with Crippen LogP contribution in [0.4, 0.5) is 0 Å². The monoisotopic (exact) mass is 472 g/mol. The molecule has 0 radical (unpaired) electrons. The molecular formula is C28H28N2O3S. The molecular weight excluding hydrogens is 444 g/mol. The van der Waals surface area contributed by atoms with Gasteiger partial charge in [0.1, 0.15) is 0 Å². The molecule has 1 aromatic carbocycles. The van der Waals surface area contributed by atoms with Gasteiger partial charge in [-0.05, 0) is 39.7 Å². The van der Waals surface area contributed by atoms with Crippen LogP contribution in [0.15, 0.2) is 84.1 Å². The van der Waals surface area contributed by atoms with Crippen LogP contribution in [0.25, 0.3) is 11.1 Å². The Kier molecular flexibility index (Phi) is 6.80. The fourth-order valence-electron chi connectivity index (χ4n) is 4.45. The Labute approximate surface area is 203 Å². The molecule has 0 saturated carbocycles. The van der Waals surface area contributed by atoms with Crippen LogP contribution in [-0.2, 0) is 16.0 Å². The summed E-state index contributed by atoms with van der Waals surface area (Å²) in [4.78, 5) is 29.2. The molecule has 4 rings (SSSR count). The number of allylic oxidation sites excluding steroid dienone is 8. The van der Waals surface area contributed by atoms with Crippen molar-refractivity contribution in [3.63, 3.8) is 0 Å². The number of carboxylic acids is 1. The molecule has 1 heterocycles. The third kappa shape index (κ3) is 5.34. The average Bonchev–Trinajstić information content (AvgIpc) is 3.25. The van der Waals surface area contributed by atoms with Gasteiger partial charge in [0.15, 0.2) is 0 Å². The highest BCUT2D eigenvalue weighted by Crippen LogP contribution is 2.40. The molecule has 2 aromatic rings. The predicted molar refractivity (Wildman–Crippen MR) is 137 cm³/mol. The van der Waals surface area contributed by atoms with Gasteiger partial charge in [-0.15, -0.1) is 11.3 Å². The van der Waals surface area contributed by atoms with Crippen LogP contribution in [-0.4, -0.2) is 22.0 Å². The largest absolute Gasteiger partial charge is 0.481 e. The van der Waals surface area contributed by atoms with Crippen LogP contribution in [0.2, 0.25) is 0 Å². The second kappa shape index (κ2) is 9.77. The van der Waals surface area contributed by atoms with Gasteiger partial charge in [0.2, 0.25) is 5.91 Å². The number of hydrogen-bond donors (Lipinski definition) is 2. The Hall–Kier alpha value is -3.51. The van der Waals surface area contributed by atoms with Crippen molar-refractivity contribution in [2.24, 2.45) is 17.1 Å². The summed E-state index contributed by atoms with van der Waals surface area (Å²) in [7, 11) is 0. The molecule has 34 heavy (non-hydrogen) atoms. The van der Waals surface area contributed by atoms with E-state index in [1.54, 1.807) is 6.20 Å². The zero-order valence-corrected chi connectivity index (χ0v) is 20.1. The Morgan fingerprint density at radius 2 is 1.94 bits per heavy atom. The molecule has 0 bridgehead atoms. The zero-order chi connectivity index (χ0) is 24.3. The maximum Gasteiger partial charge on any atom is 0.303 e. The van der Waals surface area contributed by atoms with Crippen molar-refractivity contribution in [2.75, 3.05) is 0 Å². The predicted octanol–water partition coefficient (Wildman–Crippen LogP) is 5.58. The molecule has 2 aliphatic carbocycles. The zero-order valence-electron chi connectivity index (χ0n) is 19.3. The fourth-order valence-corrected chi connectivity index (χ4v) is 5.68. The molecule has 3 N–H and O–H groups in total. The second-order valence-corrected chi connectivity index (χ2v) is 10.5. The number of nitrogens with zero attached hydrogens (tertiary/aromatic N) is 1. The number of thiazole rings is 1. The molecule has 174 valence electrons. The lowest BCUT2D eigenvalue weighted by molar-refractivity contribution is -0.139. The van der Waals surface area contributed by atoms with Gasteiger partial charge in [-0.1, -0.05) is 80.6 Å². The third-order valence-electron chi connectivity index (χ3n) is 6.04. The summed E-state index contributed by atoms with van der Waals surface area (Å²) >= 11 is 1.49. The Balaban J connectivity index is 1.59. The van der Waals surface area contributed by atoms with E-state index >= 15 is 0 Å². The van der Waals surface area contributed by atoms with Gasteiger partial charge in [-0.3, -0.25) is 9.59 Å². The molecule has 0 spiro atoms. The first-order valence-electron chi connectivity index (χ1n) is 11.2. The quantitative estimate of drug-likeness (QED) is 0.550. The maximum absolute atomic E-state index is 12.6. The van der Waals surface area contributed by atoms with E-state index < -0.39 is 23.2 Å². The number of carbonyl (C=O) groups excluding carboxylic acids is 1. The standard InChI is InChI=1S/C28H28N2O3S/c1-28(2,16-25(31)32)15-24-30-17-23(34-24)22-10-6-9-21(26(22)27(29)33)20-13-11-19(12-14-20)18-7-4-3-5-8-18/h3-13,17,26H,14-16H2,1-2H3,(H2,29,33)(H,31,32). The lowest BCUT2D eigenvalue weighted by Crippen LogP contribution is -2.27. The highest BCUT2D eigenvalue weighted by molar-refractivity contribution is 7.12. The molecule has 1 aromatic heterocycles. The smallest absolute Gasteiger partial charge is 0.303 e. The van der Waals surface area contributed by atoms with Gasteiger partial charge in [-0.2, -0.15) is 0 Å². The van der Waals surface area contributed by atoms with Crippen molar-refractivity contribution < 1.29 is 14.7 Å². The van der Waals surface area contributed by atoms with Gasteiger partial charge < -0.3 is 10.8 Å². The summed E-state index contributed by atoms with van der Waals surface area (Å²) in [5.41, 5.74) is 10.6. The van der Waals surface area contributed by atoms with E-state index in [4.69, 9.17) is 10.8 Å².